The van der Waals surface area contributed by atoms with Crippen LogP contribution in [0.5, 0.6) is 0 Å². The third kappa shape index (κ3) is 2.86. The second kappa shape index (κ2) is 4.86. The molecule has 0 amide bonds. The number of rotatable bonds is 3. The molecule has 1 fully saturated rings. The van der Waals surface area contributed by atoms with Crippen LogP contribution < -0.4 is 10.2 Å². The molecule has 15 heavy (non-hydrogen) atoms. The molecule has 1 aliphatic rings. The van der Waals surface area contributed by atoms with E-state index in [1.807, 2.05) is 12.1 Å². The van der Waals surface area contributed by atoms with Crippen LogP contribution in [0.3, 0.4) is 0 Å². The van der Waals surface area contributed by atoms with E-state index in [4.69, 9.17) is 11.6 Å². The van der Waals surface area contributed by atoms with Gasteiger partial charge in [-0.1, -0.05) is 11.6 Å². The minimum Gasteiger partial charge on any atom is -0.374 e. The number of nitrogens with one attached hydrogen (secondary N) is 1. The molecule has 0 saturated carbocycles. The molecule has 1 N–H and O–H groups in total. The molecule has 0 radical (unpaired) electrons. The van der Waals surface area contributed by atoms with E-state index in [1.165, 1.54) is 18.7 Å². The highest BCUT2D eigenvalue weighted by atomic mass is 35.5. The van der Waals surface area contributed by atoms with Gasteiger partial charge in [0.25, 0.3) is 0 Å². The second-order valence-corrected chi connectivity index (χ2v) is 4.65. The number of hydrogen-bond donors (Lipinski definition) is 1. The van der Waals surface area contributed by atoms with Gasteiger partial charge in [0.15, 0.2) is 0 Å². The Morgan fingerprint density at radius 3 is 2.73 bits per heavy atom. The number of hydrogen-bond acceptors (Lipinski definition) is 2. The van der Waals surface area contributed by atoms with Crippen molar-refractivity contribution < 1.29 is 0 Å². The quantitative estimate of drug-likeness (QED) is 0.848. The molecule has 1 aromatic carbocycles. The Morgan fingerprint density at radius 1 is 1.40 bits per heavy atom. The molecule has 1 aliphatic heterocycles. The summed E-state index contributed by atoms with van der Waals surface area (Å²) in [6, 6.07) is 8.04. The average molecular weight is 225 g/mol. The maximum atomic E-state index is 5.86. The summed E-state index contributed by atoms with van der Waals surface area (Å²) < 4.78 is 0. The predicted octanol–water partition coefficient (Wildman–Crippen LogP) is 2.39. The van der Waals surface area contributed by atoms with Crippen molar-refractivity contribution in [3.05, 3.63) is 29.3 Å². The summed E-state index contributed by atoms with van der Waals surface area (Å²) in [5.41, 5.74) is 1.24. The fraction of sp³-hybridized carbons (Fsp3) is 0.500. The molecule has 2 nitrogen and oxygen atoms in total. The summed E-state index contributed by atoms with van der Waals surface area (Å²) in [5.74, 6) is 0.783. The zero-order valence-electron chi connectivity index (χ0n) is 9.04. The minimum absolute atomic E-state index is 0.783. The van der Waals surface area contributed by atoms with Gasteiger partial charge in [0.2, 0.25) is 0 Å². The zero-order valence-corrected chi connectivity index (χ0v) is 9.80. The fourth-order valence-corrected chi connectivity index (χ4v) is 2.18. The second-order valence-electron chi connectivity index (χ2n) is 4.22. The van der Waals surface area contributed by atoms with E-state index in [0.717, 1.165) is 24.0 Å². The van der Waals surface area contributed by atoms with Crippen molar-refractivity contribution in [1.29, 1.82) is 0 Å². The fourth-order valence-electron chi connectivity index (χ4n) is 2.06. The summed E-state index contributed by atoms with van der Waals surface area (Å²) in [7, 11) is 2.14. The maximum absolute atomic E-state index is 5.86. The highest BCUT2D eigenvalue weighted by Gasteiger charge is 2.16. The monoisotopic (exact) mass is 224 g/mol. The van der Waals surface area contributed by atoms with Gasteiger partial charge in [-0.3, -0.25) is 0 Å². The predicted molar refractivity (Wildman–Crippen MR) is 65.7 cm³/mol. The molecule has 1 saturated heterocycles. The minimum atomic E-state index is 0.783. The Balaban J connectivity index is 1.94. The summed E-state index contributed by atoms with van der Waals surface area (Å²) in [5, 5.41) is 4.19. The van der Waals surface area contributed by atoms with E-state index < -0.39 is 0 Å². The number of anilines is 1. The Kier molecular flexibility index (Phi) is 3.49. The van der Waals surface area contributed by atoms with Gasteiger partial charge in [0, 0.05) is 24.3 Å². The van der Waals surface area contributed by atoms with Crippen molar-refractivity contribution in [2.75, 3.05) is 31.6 Å². The summed E-state index contributed by atoms with van der Waals surface area (Å²) in [6.07, 6.45) is 1.29. The molecule has 1 unspecified atom stereocenters. The lowest BCUT2D eigenvalue weighted by Gasteiger charge is -2.22. The Morgan fingerprint density at radius 2 is 2.13 bits per heavy atom. The van der Waals surface area contributed by atoms with Gasteiger partial charge in [-0.15, -0.1) is 0 Å². The normalized spacial score (nSPS) is 20.5. The topological polar surface area (TPSA) is 15.3 Å². The van der Waals surface area contributed by atoms with Crippen LogP contribution in [-0.4, -0.2) is 26.7 Å². The number of nitrogens with zero attached hydrogens (tertiary/aromatic N) is 1. The third-order valence-corrected chi connectivity index (χ3v) is 3.21. The SMILES string of the molecule is CN(CC1CCNC1)c1ccc(Cl)cc1. The zero-order chi connectivity index (χ0) is 10.7. The summed E-state index contributed by atoms with van der Waals surface area (Å²) >= 11 is 5.86. The molecule has 0 aliphatic carbocycles. The van der Waals surface area contributed by atoms with Crippen molar-refractivity contribution >= 4 is 17.3 Å². The number of benzene rings is 1. The van der Waals surface area contributed by atoms with Crippen LogP contribution in [0.2, 0.25) is 5.02 Å². The molecule has 0 spiro atoms. The first-order valence-corrected chi connectivity index (χ1v) is 5.81. The Labute approximate surface area is 96.2 Å². The van der Waals surface area contributed by atoms with Gasteiger partial charge in [-0.25, -0.2) is 0 Å². The van der Waals surface area contributed by atoms with Crippen molar-refractivity contribution in [2.24, 2.45) is 5.92 Å². The van der Waals surface area contributed by atoms with Gasteiger partial charge < -0.3 is 10.2 Å². The highest BCUT2D eigenvalue weighted by Crippen LogP contribution is 2.19. The molecule has 1 atom stereocenters. The largest absolute Gasteiger partial charge is 0.374 e. The standard InChI is InChI=1S/C12H17ClN2/c1-15(9-10-6-7-14-8-10)12-4-2-11(13)3-5-12/h2-5,10,14H,6-9H2,1H3. The molecular weight excluding hydrogens is 208 g/mol. The molecule has 1 aromatic rings. The molecule has 3 heteroatoms. The lowest BCUT2D eigenvalue weighted by molar-refractivity contribution is 0.578. The van der Waals surface area contributed by atoms with Crippen LogP contribution in [0.4, 0.5) is 5.69 Å². The van der Waals surface area contributed by atoms with Crippen LogP contribution in [0.1, 0.15) is 6.42 Å². The van der Waals surface area contributed by atoms with Crippen LogP contribution in [0, 0.1) is 5.92 Å². The van der Waals surface area contributed by atoms with Crippen molar-refractivity contribution in [1.82, 2.24) is 5.32 Å². The smallest absolute Gasteiger partial charge is 0.0407 e. The van der Waals surface area contributed by atoms with Gasteiger partial charge in [-0.2, -0.15) is 0 Å². The highest BCUT2D eigenvalue weighted by molar-refractivity contribution is 6.30. The Hall–Kier alpha value is -0.730. The van der Waals surface area contributed by atoms with Gasteiger partial charge in [-0.05, 0) is 49.7 Å². The summed E-state index contributed by atoms with van der Waals surface area (Å²) in [4.78, 5) is 2.30. The third-order valence-electron chi connectivity index (χ3n) is 2.96. The van der Waals surface area contributed by atoms with Crippen molar-refractivity contribution in [3.8, 4) is 0 Å². The maximum Gasteiger partial charge on any atom is 0.0407 e. The van der Waals surface area contributed by atoms with Crippen molar-refractivity contribution in [3.63, 3.8) is 0 Å². The van der Waals surface area contributed by atoms with Gasteiger partial charge in [0.05, 0.1) is 0 Å². The van der Waals surface area contributed by atoms with E-state index in [2.05, 4.69) is 29.4 Å². The van der Waals surface area contributed by atoms with E-state index >= 15 is 0 Å². The van der Waals surface area contributed by atoms with E-state index in [-0.39, 0.29) is 0 Å². The van der Waals surface area contributed by atoms with E-state index in [9.17, 15) is 0 Å². The number of halogens is 1. The average Bonchev–Trinajstić information content (AvgIpc) is 2.71. The molecule has 1 heterocycles. The Bertz CT molecular complexity index is 304. The first-order chi connectivity index (χ1) is 7.25. The van der Waals surface area contributed by atoms with E-state index in [1.54, 1.807) is 0 Å². The van der Waals surface area contributed by atoms with E-state index in [0.29, 0.717) is 0 Å². The molecule has 0 aromatic heterocycles. The first-order valence-electron chi connectivity index (χ1n) is 5.43. The lowest BCUT2D eigenvalue weighted by Crippen LogP contribution is -2.26. The molecule has 0 bridgehead atoms. The summed E-state index contributed by atoms with van der Waals surface area (Å²) in [6.45, 7) is 3.44. The van der Waals surface area contributed by atoms with Crippen LogP contribution in [-0.2, 0) is 0 Å². The van der Waals surface area contributed by atoms with Crippen molar-refractivity contribution in [2.45, 2.75) is 6.42 Å². The molecule has 82 valence electrons. The van der Waals surface area contributed by atoms with Gasteiger partial charge >= 0.3 is 0 Å². The lowest BCUT2D eigenvalue weighted by atomic mass is 10.1. The molecule has 2 rings (SSSR count). The molecular formula is C12H17ClN2. The van der Waals surface area contributed by atoms with Crippen LogP contribution in [0.25, 0.3) is 0 Å². The first kappa shape index (κ1) is 10.8. The van der Waals surface area contributed by atoms with Crippen LogP contribution >= 0.6 is 11.6 Å². The van der Waals surface area contributed by atoms with Gasteiger partial charge in [0.1, 0.15) is 0 Å². The van der Waals surface area contributed by atoms with Crippen LogP contribution in [0.15, 0.2) is 24.3 Å².